The smallest absolute Gasteiger partial charge is 0.335 e. The lowest BCUT2D eigenvalue weighted by Crippen LogP contribution is -2.47. The first-order chi connectivity index (χ1) is 11.9. The maximum Gasteiger partial charge on any atom is 0.335 e. The number of carbonyl (C=O) groups is 4. The highest BCUT2D eigenvalue weighted by molar-refractivity contribution is 6.22. The molecule has 0 aliphatic carbocycles. The molecule has 1 unspecified atom stereocenters. The van der Waals surface area contributed by atoms with Gasteiger partial charge in [0.05, 0.1) is 23.7 Å². The van der Waals surface area contributed by atoms with Crippen molar-refractivity contribution in [1.29, 1.82) is 0 Å². The van der Waals surface area contributed by atoms with Crippen LogP contribution in [-0.2, 0) is 14.4 Å². The van der Waals surface area contributed by atoms with Gasteiger partial charge in [0, 0.05) is 5.92 Å². The number of carboxylic acid groups (broad SMARTS) is 1. The molecule has 2 aliphatic heterocycles. The molecule has 2 aliphatic rings. The molecule has 0 spiro atoms. The molecular weight excluding hydrogens is 326 g/mol. The highest BCUT2D eigenvalue weighted by Crippen LogP contribution is 2.28. The molecule has 0 aromatic heterocycles. The van der Waals surface area contributed by atoms with E-state index in [0.717, 1.165) is 4.90 Å². The summed E-state index contributed by atoms with van der Waals surface area (Å²) < 4.78 is 0. The van der Waals surface area contributed by atoms with Gasteiger partial charge in [0.2, 0.25) is 11.8 Å². The molecule has 3 rings (SSSR count). The molecule has 8 nitrogen and oxygen atoms in total. The van der Waals surface area contributed by atoms with E-state index in [4.69, 9.17) is 10.8 Å². The minimum atomic E-state index is -1.07. The zero-order valence-corrected chi connectivity index (χ0v) is 13.6. The Labute approximate surface area is 144 Å². The zero-order chi connectivity index (χ0) is 18.1. The normalized spacial score (nSPS) is 22.4. The highest BCUT2D eigenvalue weighted by atomic mass is 16.4. The first-order valence-corrected chi connectivity index (χ1v) is 8.12. The SMILES string of the molecule is NC(=O)C1CCN(C2CC(=O)N(c3ccc(C(=O)O)cc3)C2=O)CC1. The van der Waals surface area contributed by atoms with Crippen LogP contribution in [0, 0.1) is 5.92 Å². The summed E-state index contributed by atoms with van der Waals surface area (Å²) in [7, 11) is 0. The van der Waals surface area contributed by atoms with Crippen LogP contribution in [0.2, 0.25) is 0 Å². The lowest BCUT2D eigenvalue weighted by atomic mass is 9.95. The first kappa shape index (κ1) is 17.1. The Morgan fingerprint density at radius 3 is 2.20 bits per heavy atom. The average Bonchev–Trinajstić information content (AvgIpc) is 2.89. The molecule has 2 fully saturated rings. The van der Waals surface area contributed by atoms with Gasteiger partial charge in [-0.15, -0.1) is 0 Å². The summed E-state index contributed by atoms with van der Waals surface area (Å²) in [5.74, 6) is -2.20. The number of hydrogen-bond acceptors (Lipinski definition) is 5. The predicted octanol–water partition coefficient (Wildman–Crippen LogP) is 0.214. The summed E-state index contributed by atoms with van der Waals surface area (Å²) in [6.07, 6.45) is 1.25. The van der Waals surface area contributed by atoms with Crippen LogP contribution in [0.15, 0.2) is 24.3 Å². The number of rotatable bonds is 4. The highest BCUT2D eigenvalue weighted by Gasteiger charge is 2.43. The molecule has 2 saturated heterocycles. The van der Waals surface area contributed by atoms with Gasteiger partial charge in [0.15, 0.2) is 0 Å². The fourth-order valence-electron chi connectivity index (χ4n) is 3.42. The van der Waals surface area contributed by atoms with Crippen molar-refractivity contribution in [3.8, 4) is 0 Å². The van der Waals surface area contributed by atoms with E-state index >= 15 is 0 Å². The van der Waals surface area contributed by atoms with E-state index in [9.17, 15) is 19.2 Å². The number of benzene rings is 1. The molecule has 0 bridgehead atoms. The Hall–Kier alpha value is -2.74. The van der Waals surface area contributed by atoms with E-state index in [1.807, 2.05) is 4.90 Å². The average molecular weight is 345 g/mol. The van der Waals surface area contributed by atoms with Crippen molar-refractivity contribution in [2.45, 2.75) is 25.3 Å². The van der Waals surface area contributed by atoms with Gasteiger partial charge in [-0.1, -0.05) is 0 Å². The summed E-state index contributed by atoms with van der Waals surface area (Å²) >= 11 is 0. The number of nitrogens with two attached hydrogens (primary N) is 1. The van der Waals surface area contributed by atoms with E-state index in [1.165, 1.54) is 24.3 Å². The monoisotopic (exact) mass is 345 g/mol. The molecule has 0 radical (unpaired) electrons. The molecule has 1 atom stereocenters. The topological polar surface area (TPSA) is 121 Å². The maximum atomic E-state index is 12.7. The number of amides is 3. The van der Waals surface area contributed by atoms with Crippen LogP contribution in [0.25, 0.3) is 0 Å². The second-order valence-electron chi connectivity index (χ2n) is 6.35. The minimum absolute atomic E-state index is 0.0841. The lowest BCUT2D eigenvalue weighted by molar-refractivity contribution is -0.124. The third kappa shape index (κ3) is 3.25. The fourth-order valence-corrected chi connectivity index (χ4v) is 3.42. The number of aromatic carboxylic acids is 1. The van der Waals surface area contributed by atoms with Crippen molar-refractivity contribution in [3.63, 3.8) is 0 Å². The van der Waals surface area contributed by atoms with Crippen molar-refractivity contribution in [2.24, 2.45) is 11.7 Å². The van der Waals surface area contributed by atoms with Crippen LogP contribution in [0.1, 0.15) is 29.6 Å². The van der Waals surface area contributed by atoms with Gasteiger partial charge in [-0.05, 0) is 50.2 Å². The summed E-state index contributed by atoms with van der Waals surface area (Å²) in [5, 5.41) is 8.93. The molecule has 3 amide bonds. The standard InChI is InChI=1S/C17H19N3O5/c18-15(22)10-5-7-19(8-6-10)13-9-14(21)20(16(13)23)12-3-1-11(2-4-12)17(24)25/h1-4,10,13H,5-9H2,(H2,18,22)(H,24,25). The Kier molecular flexibility index (Phi) is 4.54. The Balaban J connectivity index is 1.72. The van der Waals surface area contributed by atoms with Crippen molar-refractivity contribution in [2.75, 3.05) is 18.0 Å². The second-order valence-corrected chi connectivity index (χ2v) is 6.35. The predicted molar refractivity (Wildman–Crippen MR) is 87.8 cm³/mol. The molecule has 3 N–H and O–H groups in total. The summed E-state index contributed by atoms with van der Waals surface area (Å²) in [5.41, 5.74) is 5.78. The van der Waals surface area contributed by atoms with Crippen LogP contribution in [0.4, 0.5) is 5.69 Å². The molecule has 0 saturated carbocycles. The van der Waals surface area contributed by atoms with E-state index in [-0.39, 0.29) is 35.6 Å². The van der Waals surface area contributed by atoms with Crippen LogP contribution in [0.3, 0.4) is 0 Å². The molecule has 25 heavy (non-hydrogen) atoms. The van der Waals surface area contributed by atoms with Gasteiger partial charge >= 0.3 is 5.97 Å². The van der Waals surface area contributed by atoms with Gasteiger partial charge in [-0.25, -0.2) is 9.69 Å². The third-order valence-corrected chi connectivity index (χ3v) is 4.87. The quantitative estimate of drug-likeness (QED) is 0.753. The zero-order valence-electron chi connectivity index (χ0n) is 13.6. The van der Waals surface area contributed by atoms with Crippen molar-refractivity contribution < 1.29 is 24.3 Å². The number of likely N-dealkylation sites (tertiary alicyclic amines) is 1. The summed E-state index contributed by atoms with van der Waals surface area (Å²) in [6.45, 7) is 1.09. The molecule has 1 aromatic carbocycles. The van der Waals surface area contributed by atoms with E-state index in [0.29, 0.717) is 31.6 Å². The van der Waals surface area contributed by atoms with E-state index in [2.05, 4.69) is 0 Å². The van der Waals surface area contributed by atoms with Crippen LogP contribution in [-0.4, -0.2) is 52.8 Å². The Morgan fingerprint density at radius 1 is 1.08 bits per heavy atom. The third-order valence-electron chi connectivity index (χ3n) is 4.87. The van der Waals surface area contributed by atoms with Crippen LogP contribution >= 0.6 is 0 Å². The van der Waals surface area contributed by atoms with Gasteiger partial charge in [-0.2, -0.15) is 0 Å². The summed E-state index contributed by atoms with van der Waals surface area (Å²) in [6, 6.07) is 5.11. The number of carbonyl (C=O) groups excluding carboxylic acids is 3. The van der Waals surface area contributed by atoms with Crippen LogP contribution < -0.4 is 10.6 Å². The maximum absolute atomic E-state index is 12.7. The number of anilines is 1. The number of piperidine rings is 1. The van der Waals surface area contributed by atoms with E-state index in [1.54, 1.807) is 0 Å². The second kappa shape index (κ2) is 6.64. The molecule has 1 aromatic rings. The molecule has 2 heterocycles. The Morgan fingerprint density at radius 2 is 1.68 bits per heavy atom. The van der Waals surface area contributed by atoms with Crippen LogP contribution in [0.5, 0.6) is 0 Å². The molecule has 132 valence electrons. The van der Waals surface area contributed by atoms with Gasteiger partial charge < -0.3 is 10.8 Å². The van der Waals surface area contributed by atoms with Crippen molar-refractivity contribution in [3.05, 3.63) is 29.8 Å². The van der Waals surface area contributed by atoms with Crippen molar-refractivity contribution in [1.82, 2.24) is 4.90 Å². The van der Waals surface area contributed by atoms with Gasteiger partial charge in [-0.3, -0.25) is 19.3 Å². The number of imide groups is 1. The largest absolute Gasteiger partial charge is 0.478 e. The van der Waals surface area contributed by atoms with Gasteiger partial charge in [0.1, 0.15) is 0 Å². The van der Waals surface area contributed by atoms with Gasteiger partial charge in [0.25, 0.3) is 5.91 Å². The number of primary amides is 1. The Bertz CT molecular complexity index is 722. The van der Waals surface area contributed by atoms with E-state index < -0.39 is 12.0 Å². The molecular formula is C17H19N3O5. The fraction of sp³-hybridized carbons (Fsp3) is 0.412. The summed E-state index contributed by atoms with van der Waals surface area (Å²) in [4.78, 5) is 50.2. The molecule has 8 heteroatoms. The number of hydrogen-bond donors (Lipinski definition) is 2. The minimum Gasteiger partial charge on any atom is -0.478 e. The van der Waals surface area contributed by atoms with Crippen molar-refractivity contribution >= 4 is 29.4 Å². The first-order valence-electron chi connectivity index (χ1n) is 8.12. The number of carboxylic acids is 1. The number of nitrogens with zero attached hydrogens (tertiary/aromatic N) is 2. The lowest BCUT2D eigenvalue weighted by Gasteiger charge is -2.33.